The van der Waals surface area contributed by atoms with Crippen LogP contribution in [-0.4, -0.2) is 32.7 Å². The van der Waals surface area contributed by atoms with Crippen LogP contribution in [0, 0.1) is 13.8 Å². The van der Waals surface area contributed by atoms with Crippen LogP contribution in [0.4, 0.5) is 5.69 Å². The number of anilines is 1. The normalized spacial score (nSPS) is 19.4. The molecule has 1 saturated heterocycles. The van der Waals surface area contributed by atoms with Gasteiger partial charge >= 0.3 is 0 Å². The Bertz CT molecular complexity index is 471. The Hall–Kier alpha value is -1.55. The Morgan fingerprint density at radius 2 is 2.00 bits per heavy atom. The number of rotatable bonds is 3. The van der Waals surface area contributed by atoms with E-state index in [-0.39, 0.29) is 11.9 Å². The first kappa shape index (κ1) is 12.9. The third-order valence-corrected chi connectivity index (χ3v) is 3.62. The van der Waals surface area contributed by atoms with Gasteiger partial charge in [0.2, 0.25) is 5.91 Å². The van der Waals surface area contributed by atoms with Gasteiger partial charge in [0, 0.05) is 19.0 Å². The van der Waals surface area contributed by atoms with Crippen LogP contribution in [0.1, 0.15) is 17.5 Å². The van der Waals surface area contributed by atoms with Crippen molar-refractivity contribution in [3.8, 4) is 5.75 Å². The van der Waals surface area contributed by atoms with Gasteiger partial charge in [0.25, 0.3) is 0 Å². The molecule has 1 unspecified atom stereocenters. The number of carbonyl (C=O) groups excluding carboxylic acids is 1. The van der Waals surface area contributed by atoms with E-state index in [1.165, 1.54) is 11.1 Å². The molecule has 0 spiro atoms. The van der Waals surface area contributed by atoms with Gasteiger partial charge in [-0.05, 0) is 44.2 Å². The fraction of sp³-hybridized carbons (Fsp3) is 0.500. The number of amides is 1. The molecule has 1 aliphatic heterocycles. The fourth-order valence-corrected chi connectivity index (χ4v) is 2.28. The first-order chi connectivity index (χ1) is 8.56. The molecule has 1 amide bonds. The molecule has 18 heavy (non-hydrogen) atoms. The smallest absolute Gasteiger partial charge is 0.228 e. The van der Waals surface area contributed by atoms with Crippen LogP contribution in [0.25, 0.3) is 0 Å². The van der Waals surface area contributed by atoms with Crippen LogP contribution in [0.5, 0.6) is 5.75 Å². The lowest BCUT2D eigenvalue weighted by Gasteiger charge is -2.21. The molecule has 1 heterocycles. The summed E-state index contributed by atoms with van der Waals surface area (Å²) in [6.07, 6.45) is 0.548. The second kappa shape index (κ2) is 4.98. The van der Waals surface area contributed by atoms with Gasteiger partial charge in [-0.25, -0.2) is 0 Å². The highest BCUT2D eigenvalue weighted by atomic mass is 16.5. The highest BCUT2D eigenvalue weighted by molar-refractivity contribution is 5.97. The number of nitrogens with zero attached hydrogens (tertiary/aromatic N) is 1. The van der Waals surface area contributed by atoms with Gasteiger partial charge in [-0.15, -0.1) is 0 Å². The topological polar surface area (TPSA) is 41.6 Å². The van der Waals surface area contributed by atoms with Crippen molar-refractivity contribution in [1.29, 1.82) is 0 Å². The molecule has 1 N–H and O–H groups in total. The molecule has 4 heteroatoms. The van der Waals surface area contributed by atoms with E-state index >= 15 is 0 Å². The standard InChI is InChI=1S/C14H20N2O2/c1-9-5-12(13(18-4)6-10(9)2)16-8-11(15-3)7-14(16)17/h5-6,11,15H,7-8H2,1-4H3. The lowest BCUT2D eigenvalue weighted by molar-refractivity contribution is -0.117. The summed E-state index contributed by atoms with van der Waals surface area (Å²) in [4.78, 5) is 13.9. The van der Waals surface area contributed by atoms with Crippen molar-refractivity contribution in [2.45, 2.75) is 26.3 Å². The summed E-state index contributed by atoms with van der Waals surface area (Å²) in [5.41, 5.74) is 3.22. The first-order valence-electron chi connectivity index (χ1n) is 6.19. The molecule has 4 nitrogen and oxygen atoms in total. The Balaban J connectivity index is 2.38. The molecule has 0 radical (unpaired) electrons. The molecule has 98 valence electrons. The molecule has 0 aliphatic carbocycles. The third-order valence-electron chi connectivity index (χ3n) is 3.62. The van der Waals surface area contributed by atoms with Crippen LogP contribution in [0.2, 0.25) is 0 Å². The number of methoxy groups -OCH3 is 1. The van der Waals surface area contributed by atoms with Crippen LogP contribution >= 0.6 is 0 Å². The van der Waals surface area contributed by atoms with E-state index in [1.807, 2.05) is 37.9 Å². The molecule has 1 aliphatic rings. The molecule has 0 saturated carbocycles. The Morgan fingerprint density at radius 3 is 2.56 bits per heavy atom. The Labute approximate surface area is 108 Å². The van der Waals surface area contributed by atoms with Crippen molar-refractivity contribution in [3.63, 3.8) is 0 Å². The Kier molecular flexibility index (Phi) is 3.57. The minimum Gasteiger partial charge on any atom is -0.495 e. The van der Waals surface area contributed by atoms with Crippen molar-refractivity contribution in [2.75, 3.05) is 25.6 Å². The summed E-state index contributed by atoms with van der Waals surface area (Å²) in [7, 11) is 3.53. The van der Waals surface area contributed by atoms with Gasteiger partial charge in [0.1, 0.15) is 5.75 Å². The van der Waals surface area contributed by atoms with Crippen molar-refractivity contribution in [1.82, 2.24) is 5.32 Å². The maximum Gasteiger partial charge on any atom is 0.228 e. The molecule has 1 atom stereocenters. The molecule has 2 rings (SSSR count). The van der Waals surface area contributed by atoms with Crippen molar-refractivity contribution in [3.05, 3.63) is 23.3 Å². The van der Waals surface area contributed by atoms with Gasteiger partial charge in [0.05, 0.1) is 12.8 Å². The average molecular weight is 248 g/mol. The molecular weight excluding hydrogens is 228 g/mol. The lowest BCUT2D eigenvalue weighted by atomic mass is 10.1. The molecule has 1 aromatic rings. The maximum absolute atomic E-state index is 12.0. The Morgan fingerprint density at radius 1 is 1.33 bits per heavy atom. The zero-order valence-corrected chi connectivity index (χ0v) is 11.4. The van der Waals surface area contributed by atoms with E-state index in [1.54, 1.807) is 7.11 Å². The largest absolute Gasteiger partial charge is 0.495 e. The van der Waals surface area contributed by atoms with Crippen LogP contribution in [0.3, 0.4) is 0 Å². The number of aryl methyl sites for hydroxylation is 2. The van der Waals surface area contributed by atoms with E-state index in [2.05, 4.69) is 5.32 Å². The summed E-state index contributed by atoms with van der Waals surface area (Å²) >= 11 is 0. The number of hydrogen-bond donors (Lipinski definition) is 1. The zero-order valence-electron chi connectivity index (χ0n) is 11.4. The molecule has 1 fully saturated rings. The quantitative estimate of drug-likeness (QED) is 0.884. The maximum atomic E-state index is 12.0. The first-order valence-corrected chi connectivity index (χ1v) is 6.19. The van der Waals surface area contributed by atoms with Crippen LogP contribution < -0.4 is 15.0 Å². The van der Waals surface area contributed by atoms with Gasteiger partial charge in [-0.2, -0.15) is 0 Å². The van der Waals surface area contributed by atoms with E-state index in [0.717, 1.165) is 11.4 Å². The minimum absolute atomic E-state index is 0.149. The van der Waals surface area contributed by atoms with Crippen molar-refractivity contribution in [2.24, 2.45) is 0 Å². The summed E-state index contributed by atoms with van der Waals surface area (Å²) < 4.78 is 5.40. The number of benzene rings is 1. The van der Waals surface area contributed by atoms with Crippen molar-refractivity contribution < 1.29 is 9.53 Å². The summed E-state index contributed by atoms with van der Waals surface area (Å²) in [5.74, 6) is 0.916. The second-order valence-corrected chi connectivity index (χ2v) is 4.80. The predicted molar refractivity (Wildman–Crippen MR) is 72.3 cm³/mol. The predicted octanol–water partition coefficient (Wildman–Crippen LogP) is 1.64. The average Bonchev–Trinajstić information content (AvgIpc) is 2.73. The third kappa shape index (κ3) is 2.20. The highest BCUT2D eigenvalue weighted by Crippen LogP contribution is 2.33. The minimum atomic E-state index is 0.149. The van der Waals surface area contributed by atoms with Gasteiger partial charge in [-0.1, -0.05) is 0 Å². The lowest BCUT2D eigenvalue weighted by Crippen LogP contribution is -2.30. The summed E-state index contributed by atoms with van der Waals surface area (Å²) in [6, 6.07) is 4.25. The molecule has 0 bridgehead atoms. The van der Waals surface area contributed by atoms with E-state index in [9.17, 15) is 4.79 Å². The molecular formula is C14H20N2O2. The van der Waals surface area contributed by atoms with Gasteiger partial charge < -0.3 is 15.0 Å². The number of nitrogens with one attached hydrogen (secondary N) is 1. The van der Waals surface area contributed by atoms with Crippen molar-refractivity contribution >= 4 is 11.6 Å². The number of ether oxygens (including phenoxy) is 1. The SMILES string of the molecule is CNC1CC(=O)N(c2cc(C)c(C)cc2OC)C1. The summed E-state index contributed by atoms with van der Waals surface area (Å²) in [5, 5.41) is 3.15. The number of likely N-dealkylation sites (N-methyl/N-ethyl adjacent to an activating group) is 1. The van der Waals surface area contributed by atoms with Gasteiger partial charge in [0.15, 0.2) is 0 Å². The number of carbonyl (C=O) groups is 1. The monoisotopic (exact) mass is 248 g/mol. The van der Waals surface area contributed by atoms with E-state index in [4.69, 9.17) is 4.74 Å². The van der Waals surface area contributed by atoms with E-state index in [0.29, 0.717) is 13.0 Å². The van der Waals surface area contributed by atoms with Gasteiger partial charge in [-0.3, -0.25) is 4.79 Å². The molecule has 0 aromatic heterocycles. The fourth-order valence-electron chi connectivity index (χ4n) is 2.28. The van der Waals surface area contributed by atoms with Crippen LogP contribution in [0.15, 0.2) is 12.1 Å². The molecule has 1 aromatic carbocycles. The summed E-state index contributed by atoms with van der Waals surface area (Å²) in [6.45, 7) is 4.80. The number of hydrogen-bond acceptors (Lipinski definition) is 3. The highest BCUT2D eigenvalue weighted by Gasteiger charge is 2.31. The zero-order chi connectivity index (χ0) is 13.3. The van der Waals surface area contributed by atoms with E-state index < -0.39 is 0 Å². The van der Waals surface area contributed by atoms with Crippen LogP contribution in [-0.2, 0) is 4.79 Å². The second-order valence-electron chi connectivity index (χ2n) is 4.80.